The number of rotatable bonds is 9. The SMILES string of the molecule is COC(=O)[C@H](CC(C)C)NP(=O)(O)OC[C@H]1O[C@@H](n2ccc(=O)[nH]c2=O)[C@H](O)[C@@H]1O. The first-order valence-corrected chi connectivity index (χ1v) is 10.7. The molecular weight excluding hydrogens is 425 g/mol. The third kappa shape index (κ3) is 6.08. The quantitative estimate of drug-likeness (QED) is 0.216. The summed E-state index contributed by atoms with van der Waals surface area (Å²) in [5, 5.41) is 22.5. The Morgan fingerprint density at radius 2 is 2.03 bits per heavy atom. The molecule has 0 bridgehead atoms. The highest BCUT2D eigenvalue weighted by atomic mass is 31.2. The van der Waals surface area contributed by atoms with Gasteiger partial charge >= 0.3 is 19.4 Å². The fourth-order valence-electron chi connectivity index (χ4n) is 2.95. The predicted octanol–water partition coefficient (Wildman–Crippen LogP) is -1.55. The average Bonchev–Trinajstić information content (AvgIpc) is 2.93. The molecule has 30 heavy (non-hydrogen) atoms. The number of carbonyl (C=O) groups is 1. The van der Waals surface area contributed by atoms with E-state index in [4.69, 9.17) is 9.26 Å². The van der Waals surface area contributed by atoms with E-state index in [0.717, 1.165) is 23.9 Å². The van der Waals surface area contributed by atoms with Crippen LogP contribution < -0.4 is 16.3 Å². The third-order valence-electron chi connectivity index (χ3n) is 4.39. The van der Waals surface area contributed by atoms with Crippen LogP contribution in [0.3, 0.4) is 0 Å². The summed E-state index contributed by atoms with van der Waals surface area (Å²) >= 11 is 0. The van der Waals surface area contributed by atoms with Crippen molar-refractivity contribution in [2.45, 2.75) is 50.8 Å². The van der Waals surface area contributed by atoms with Gasteiger partial charge in [0.05, 0.1) is 13.7 Å². The summed E-state index contributed by atoms with van der Waals surface area (Å²) in [5.41, 5.74) is -1.53. The number of aliphatic hydroxyl groups excluding tert-OH is 2. The standard InChI is InChI=1S/C16H26N3O10P/c1-8(2)6-9(15(23)27-3)18-30(25,26)28-7-10-12(21)13(22)14(29-10)19-5-4-11(20)17-16(19)24/h4-5,8-10,12-14,21-22H,6-7H2,1-3H3,(H,17,20,24)(H2,18,25,26)/t9-,10+,12+,13+,14+/m0/s1. The summed E-state index contributed by atoms with van der Waals surface area (Å²) in [6.45, 7) is 2.98. The van der Waals surface area contributed by atoms with Crippen LogP contribution in [0.4, 0.5) is 0 Å². The Hall–Kier alpha value is -1.86. The number of methoxy groups -OCH3 is 1. The van der Waals surface area contributed by atoms with E-state index in [1.165, 1.54) is 0 Å². The van der Waals surface area contributed by atoms with Crippen molar-refractivity contribution in [3.05, 3.63) is 33.1 Å². The second-order valence-electron chi connectivity index (χ2n) is 7.21. The van der Waals surface area contributed by atoms with Crippen LogP contribution in [0.25, 0.3) is 0 Å². The van der Waals surface area contributed by atoms with Gasteiger partial charge in [0.25, 0.3) is 5.56 Å². The number of aromatic nitrogens is 2. The van der Waals surface area contributed by atoms with Crippen molar-refractivity contribution < 1.29 is 38.5 Å². The minimum atomic E-state index is -4.52. The molecule has 1 fully saturated rings. The first kappa shape index (κ1) is 24.4. The molecule has 0 amide bonds. The predicted molar refractivity (Wildman–Crippen MR) is 101 cm³/mol. The zero-order valence-corrected chi connectivity index (χ0v) is 17.5. The number of hydrogen-bond donors (Lipinski definition) is 5. The topological polar surface area (TPSA) is 189 Å². The van der Waals surface area contributed by atoms with Crippen LogP contribution in [0.15, 0.2) is 21.9 Å². The van der Waals surface area contributed by atoms with Gasteiger partial charge in [-0.05, 0) is 12.3 Å². The van der Waals surface area contributed by atoms with Crippen LogP contribution in [-0.4, -0.2) is 68.7 Å². The Labute approximate surface area is 171 Å². The van der Waals surface area contributed by atoms with E-state index in [9.17, 15) is 34.1 Å². The summed E-state index contributed by atoms with van der Waals surface area (Å²) < 4.78 is 28.1. The molecule has 1 saturated heterocycles. The third-order valence-corrected chi connectivity index (χ3v) is 5.53. The molecule has 1 aliphatic heterocycles. The van der Waals surface area contributed by atoms with Gasteiger partial charge in [-0.15, -0.1) is 0 Å². The summed E-state index contributed by atoms with van der Waals surface area (Å²) in [5.74, 6) is -0.736. The number of aromatic amines is 1. The van der Waals surface area contributed by atoms with E-state index < -0.39 is 62.2 Å². The van der Waals surface area contributed by atoms with Gasteiger partial charge in [-0.3, -0.25) is 23.7 Å². The highest BCUT2D eigenvalue weighted by Crippen LogP contribution is 2.40. The van der Waals surface area contributed by atoms with Gasteiger partial charge in [0, 0.05) is 12.3 Å². The van der Waals surface area contributed by atoms with Crippen molar-refractivity contribution in [3.8, 4) is 0 Å². The monoisotopic (exact) mass is 451 g/mol. The van der Waals surface area contributed by atoms with Crippen LogP contribution in [0.2, 0.25) is 0 Å². The van der Waals surface area contributed by atoms with Crippen LogP contribution in [0, 0.1) is 5.92 Å². The molecule has 2 rings (SSSR count). The summed E-state index contributed by atoms with van der Waals surface area (Å²) in [6, 6.07) is -0.0698. The van der Waals surface area contributed by atoms with Crippen LogP contribution >= 0.6 is 7.75 Å². The molecule has 13 nitrogen and oxygen atoms in total. The number of ether oxygens (including phenoxy) is 2. The van der Waals surface area contributed by atoms with Gasteiger partial charge in [0.2, 0.25) is 0 Å². The number of aliphatic hydroxyl groups is 2. The maximum atomic E-state index is 12.3. The Kier molecular flexibility index (Phi) is 8.11. The van der Waals surface area contributed by atoms with E-state index in [0.29, 0.717) is 0 Å². The van der Waals surface area contributed by atoms with Crippen LogP contribution in [-0.2, 0) is 23.4 Å². The lowest BCUT2D eigenvalue weighted by Gasteiger charge is -2.23. The van der Waals surface area contributed by atoms with E-state index in [1.54, 1.807) is 0 Å². The fourth-order valence-corrected chi connectivity index (χ4v) is 3.98. The molecule has 1 aromatic heterocycles. The molecule has 0 spiro atoms. The first-order valence-electron chi connectivity index (χ1n) is 9.11. The molecule has 14 heteroatoms. The highest BCUT2D eigenvalue weighted by Gasteiger charge is 2.45. The molecule has 1 unspecified atom stereocenters. The maximum absolute atomic E-state index is 12.3. The molecule has 0 saturated carbocycles. The maximum Gasteiger partial charge on any atom is 0.403 e. The Morgan fingerprint density at radius 3 is 2.60 bits per heavy atom. The van der Waals surface area contributed by atoms with Crippen molar-refractivity contribution in [3.63, 3.8) is 0 Å². The van der Waals surface area contributed by atoms with E-state index >= 15 is 0 Å². The fraction of sp³-hybridized carbons (Fsp3) is 0.688. The van der Waals surface area contributed by atoms with Crippen molar-refractivity contribution >= 4 is 13.7 Å². The lowest BCUT2D eigenvalue weighted by molar-refractivity contribution is -0.143. The minimum absolute atomic E-state index is 0.00752. The van der Waals surface area contributed by atoms with Gasteiger partial charge in [-0.1, -0.05) is 13.8 Å². The summed E-state index contributed by atoms with van der Waals surface area (Å²) in [7, 11) is -3.38. The lowest BCUT2D eigenvalue weighted by atomic mass is 10.1. The zero-order chi connectivity index (χ0) is 22.6. The molecule has 1 aliphatic rings. The second-order valence-corrected chi connectivity index (χ2v) is 8.77. The van der Waals surface area contributed by atoms with E-state index in [-0.39, 0.29) is 12.3 Å². The summed E-state index contributed by atoms with van der Waals surface area (Å²) in [4.78, 5) is 46.9. The molecule has 5 N–H and O–H groups in total. The minimum Gasteiger partial charge on any atom is -0.468 e. The Bertz CT molecular complexity index is 900. The van der Waals surface area contributed by atoms with Gasteiger partial charge < -0.3 is 24.6 Å². The molecule has 0 radical (unpaired) electrons. The zero-order valence-electron chi connectivity index (χ0n) is 16.6. The number of esters is 1. The Morgan fingerprint density at radius 1 is 1.37 bits per heavy atom. The second kappa shape index (κ2) is 9.96. The Balaban J connectivity index is 2.05. The highest BCUT2D eigenvalue weighted by molar-refractivity contribution is 7.50. The van der Waals surface area contributed by atoms with Crippen molar-refractivity contribution in [2.75, 3.05) is 13.7 Å². The molecule has 0 aromatic carbocycles. The van der Waals surface area contributed by atoms with Gasteiger partial charge in [-0.2, -0.15) is 0 Å². The van der Waals surface area contributed by atoms with Crippen LogP contribution in [0.1, 0.15) is 26.5 Å². The largest absolute Gasteiger partial charge is 0.468 e. The number of H-pyrrole nitrogens is 1. The van der Waals surface area contributed by atoms with Crippen molar-refractivity contribution in [1.29, 1.82) is 0 Å². The van der Waals surface area contributed by atoms with Gasteiger partial charge in [-0.25, -0.2) is 14.4 Å². The average molecular weight is 451 g/mol. The van der Waals surface area contributed by atoms with Gasteiger partial charge in [0.15, 0.2) is 6.23 Å². The van der Waals surface area contributed by atoms with Crippen molar-refractivity contribution in [2.24, 2.45) is 5.92 Å². The van der Waals surface area contributed by atoms with E-state index in [1.807, 2.05) is 18.8 Å². The number of hydrogen-bond acceptors (Lipinski definition) is 9. The number of nitrogens with zero attached hydrogens (tertiary/aromatic N) is 1. The molecule has 2 heterocycles. The molecule has 170 valence electrons. The molecule has 1 aromatic rings. The summed E-state index contributed by atoms with van der Waals surface area (Å²) in [6.07, 6.45) is -4.46. The first-order chi connectivity index (χ1) is 13.9. The number of carbonyl (C=O) groups excluding carboxylic acids is 1. The molecular formula is C16H26N3O10P. The normalized spacial score (nSPS) is 27.0. The smallest absolute Gasteiger partial charge is 0.403 e. The van der Waals surface area contributed by atoms with Gasteiger partial charge in [0.1, 0.15) is 24.4 Å². The lowest BCUT2D eigenvalue weighted by Crippen LogP contribution is -2.38. The van der Waals surface area contributed by atoms with Crippen molar-refractivity contribution in [1.82, 2.24) is 14.6 Å². The van der Waals surface area contributed by atoms with E-state index in [2.05, 4.69) is 9.82 Å². The molecule has 0 aliphatic carbocycles. The van der Waals surface area contributed by atoms with Crippen LogP contribution in [0.5, 0.6) is 0 Å². The number of nitrogens with one attached hydrogen (secondary N) is 2. The molecule has 6 atom stereocenters.